The number of carbonyl (C=O) groups excluding carboxylic acids is 1. The SMILES string of the molecule is O=C(NCc1cnc(C(F)(F)F)nc1)N1CCC(c2ccc(Cl)cc2)=N1. The second-order valence-electron chi connectivity index (χ2n) is 5.50. The molecule has 0 atom stereocenters. The van der Waals surface area contributed by atoms with Crippen LogP contribution in [0.1, 0.15) is 23.4 Å². The molecule has 0 spiro atoms. The van der Waals surface area contributed by atoms with E-state index in [1.807, 2.05) is 12.1 Å². The fraction of sp³-hybridized carbons (Fsp3) is 0.250. The lowest BCUT2D eigenvalue weighted by Gasteiger charge is -2.12. The van der Waals surface area contributed by atoms with Crippen molar-refractivity contribution in [1.29, 1.82) is 0 Å². The zero-order chi connectivity index (χ0) is 18.7. The number of alkyl halides is 3. The van der Waals surface area contributed by atoms with Crippen molar-refractivity contribution in [2.24, 2.45) is 5.10 Å². The Balaban J connectivity index is 1.58. The van der Waals surface area contributed by atoms with Crippen LogP contribution in [0.3, 0.4) is 0 Å². The van der Waals surface area contributed by atoms with E-state index in [9.17, 15) is 18.0 Å². The largest absolute Gasteiger partial charge is 0.451 e. The maximum Gasteiger partial charge on any atom is 0.451 e. The number of halogens is 4. The topological polar surface area (TPSA) is 70.5 Å². The summed E-state index contributed by atoms with van der Waals surface area (Å²) in [4.78, 5) is 18.6. The third kappa shape index (κ3) is 4.29. The maximum atomic E-state index is 12.4. The summed E-state index contributed by atoms with van der Waals surface area (Å²) in [6.45, 7) is 0.409. The Morgan fingerprint density at radius 1 is 1.19 bits per heavy atom. The second kappa shape index (κ2) is 7.28. The quantitative estimate of drug-likeness (QED) is 0.882. The Hall–Kier alpha value is -2.68. The van der Waals surface area contributed by atoms with Crippen LogP contribution in [-0.4, -0.2) is 33.3 Å². The normalized spacial score (nSPS) is 14.3. The molecule has 3 rings (SSSR count). The molecular formula is C16H13ClF3N5O. The van der Waals surface area contributed by atoms with E-state index >= 15 is 0 Å². The Kier molecular flexibility index (Phi) is 5.08. The lowest BCUT2D eigenvalue weighted by molar-refractivity contribution is -0.145. The predicted molar refractivity (Wildman–Crippen MR) is 88.6 cm³/mol. The van der Waals surface area contributed by atoms with E-state index in [1.54, 1.807) is 12.1 Å². The van der Waals surface area contributed by atoms with Crippen LogP contribution in [0.25, 0.3) is 0 Å². The highest BCUT2D eigenvalue weighted by Crippen LogP contribution is 2.25. The van der Waals surface area contributed by atoms with Crippen LogP contribution >= 0.6 is 11.6 Å². The van der Waals surface area contributed by atoms with E-state index in [2.05, 4.69) is 20.4 Å². The van der Waals surface area contributed by atoms with Crippen LogP contribution in [0.5, 0.6) is 0 Å². The number of aromatic nitrogens is 2. The molecule has 0 saturated heterocycles. The molecule has 0 radical (unpaired) electrons. The third-order valence-corrected chi connectivity index (χ3v) is 3.87. The Morgan fingerprint density at radius 3 is 2.46 bits per heavy atom. The van der Waals surface area contributed by atoms with Gasteiger partial charge in [-0.3, -0.25) is 0 Å². The van der Waals surface area contributed by atoms with Crippen molar-refractivity contribution in [3.8, 4) is 0 Å². The first-order valence-electron chi connectivity index (χ1n) is 7.60. The van der Waals surface area contributed by atoms with Crippen molar-refractivity contribution in [2.75, 3.05) is 6.54 Å². The molecule has 0 bridgehead atoms. The zero-order valence-corrected chi connectivity index (χ0v) is 14.1. The molecular weight excluding hydrogens is 371 g/mol. The van der Waals surface area contributed by atoms with Crippen molar-refractivity contribution in [3.63, 3.8) is 0 Å². The lowest BCUT2D eigenvalue weighted by atomic mass is 10.1. The van der Waals surface area contributed by atoms with Crippen molar-refractivity contribution < 1.29 is 18.0 Å². The minimum atomic E-state index is -4.59. The van der Waals surface area contributed by atoms with Crippen LogP contribution < -0.4 is 5.32 Å². The number of hydrazone groups is 1. The van der Waals surface area contributed by atoms with Gasteiger partial charge >= 0.3 is 12.2 Å². The van der Waals surface area contributed by atoms with Crippen molar-refractivity contribution in [1.82, 2.24) is 20.3 Å². The Labute approximate surface area is 151 Å². The average Bonchev–Trinajstić information content (AvgIpc) is 3.10. The van der Waals surface area contributed by atoms with Crippen LogP contribution in [0, 0.1) is 0 Å². The third-order valence-electron chi connectivity index (χ3n) is 3.62. The summed E-state index contributed by atoms with van der Waals surface area (Å²) in [5, 5.41) is 8.72. The number of nitrogens with one attached hydrogen (secondary N) is 1. The summed E-state index contributed by atoms with van der Waals surface area (Å²) in [5.74, 6) is -1.22. The predicted octanol–water partition coefficient (Wildman–Crippen LogP) is 3.47. The fourth-order valence-corrected chi connectivity index (χ4v) is 2.44. The summed E-state index contributed by atoms with van der Waals surface area (Å²) in [5.41, 5.74) is 1.99. The molecule has 2 heterocycles. The van der Waals surface area contributed by atoms with E-state index < -0.39 is 18.0 Å². The fourth-order valence-electron chi connectivity index (χ4n) is 2.31. The minimum Gasteiger partial charge on any atom is -0.332 e. The lowest BCUT2D eigenvalue weighted by Crippen LogP contribution is -2.34. The minimum absolute atomic E-state index is 0.000725. The van der Waals surface area contributed by atoms with Crippen molar-refractivity contribution >= 4 is 23.3 Å². The molecule has 1 aromatic carbocycles. The second-order valence-corrected chi connectivity index (χ2v) is 5.93. The first-order chi connectivity index (χ1) is 12.3. The number of hydrogen-bond acceptors (Lipinski definition) is 4. The molecule has 1 aliphatic rings. The van der Waals surface area contributed by atoms with Gasteiger partial charge < -0.3 is 5.32 Å². The number of urea groups is 1. The van der Waals surface area contributed by atoms with Crippen molar-refractivity contribution in [2.45, 2.75) is 19.1 Å². The number of hydrogen-bond donors (Lipinski definition) is 1. The molecule has 26 heavy (non-hydrogen) atoms. The standard InChI is InChI=1S/C16H13ClF3N5O/c17-12-3-1-11(2-4-12)13-5-6-25(24-13)15(26)23-9-10-7-21-14(22-8-10)16(18,19)20/h1-4,7-8H,5-6,9H2,(H,23,26). The maximum absolute atomic E-state index is 12.4. The summed E-state index contributed by atoms with van der Waals surface area (Å²) in [7, 11) is 0. The van der Waals surface area contributed by atoms with E-state index in [4.69, 9.17) is 11.6 Å². The zero-order valence-electron chi connectivity index (χ0n) is 13.3. The van der Waals surface area contributed by atoms with Crippen LogP contribution in [-0.2, 0) is 12.7 Å². The molecule has 0 saturated carbocycles. The molecule has 2 aromatic rings. The summed E-state index contributed by atoms with van der Waals surface area (Å²) >= 11 is 5.84. The number of amides is 2. The Bertz CT molecular complexity index is 821. The molecule has 6 nitrogen and oxygen atoms in total. The number of nitrogens with zero attached hydrogens (tertiary/aromatic N) is 4. The molecule has 0 fully saturated rings. The smallest absolute Gasteiger partial charge is 0.332 e. The van der Waals surface area contributed by atoms with Gasteiger partial charge in [-0.2, -0.15) is 18.3 Å². The first-order valence-corrected chi connectivity index (χ1v) is 7.97. The molecule has 136 valence electrons. The van der Waals surface area contributed by atoms with Crippen LogP contribution in [0.15, 0.2) is 41.8 Å². The Morgan fingerprint density at radius 2 is 1.85 bits per heavy atom. The first kappa shape index (κ1) is 18.1. The van der Waals surface area contributed by atoms with E-state index in [0.29, 0.717) is 23.6 Å². The number of carbonyl (C=O) groups is 1. The highest BCUT2D eigenvalue weighted by molar-refractivity contribution is 6.30. The monoisotopic (exact) mass is 383 g/mol. The average molecular weight is 384 g/mol. The van der Waals surface area contributed by atoms with Gasteiger partial charge in [-0.05, 0) is 17.7 Å². The van der Waals surface area contributed by atoms with Gasteiger partial charge in [0, 0.05) is 35.9 Å². The molecule has 1 N–H and O–H groups in total. The van der Waals surface area contributed by atoms with Gasteiger partial charge in [0.1, 0.15) is 0 Å². The van der Waals surface area contributed by atoms with Gasteiger partial charge in [0.25, 0.3) is 0 Å². The van der Waals surface area contributed by atoms with E-state index in [0.717, 1.165) is 23.7 Å². The summed E-state index contributed by atoms with van der Waals surface area (Å²) in [6, 6.07) is 6.68. The van der Waals surface area contributed by atoms with Crippen molar-refractivity contribution in [3.05, 3.63) is 58.6 Å². The molecule has 0 unspecified atom stereocenters. The molecule has 0 aliphatic carbocycles. The van der Waals surface area contributed by atoms with Crippen LogP contribution in [0.4, 0.5) is 18.0 Å². The number of rotatable bonds is 3. The van der Waals surface area contributed by atoms with Gasteiger partial charge in [-0.1, -0.05) is 23.7 Å². The van der Waals surface area contributed by atoms with Gasteiger partial charge in [-0.15, -0.1) is 0 Å². The summed E-state index contributed by atoms with van der Waals surface area (Å²) < 4.78 is 37.2. The van der Waals surface area contributed by atoms with E-state index in [-0.39, 0.29) is 6.54 Å². The van der Waals surface area contributed by atoms with Gasteiger partial charge in [0.15, 0.2) is 0 Å². The molecule has 2 amide bonds. The molecule has 1 aromatic heterocycles. The highest BCUT2D eigenvalue weighted by Gasteiger charge is 2.34. The summed E-state index contributed by atoms with van der Waals surface area (Å²) in [6.07, 6.45) is -1.94. The van der Waals surface area contributed by atoms with Gasteiger partial charge in [0.2, 0.25) is 5.82 Å². The highest BCUT2D eigenvalue weighted by atomic mass is 35.5. The van der Waals surface area contributed by atoms with E-state index in [1.165, 1.54) is 5.01 Å². The van der Waals surface area contributed by atoms with Gasteiger partial charge in [-0.25, -0.2) is 19.8 Å². The van der Waals surface area contributed by atoms with Crippen LogP contribution in [0.2, 0.25) is 5.02 Å². The molecule has 1 aliphatic heterocycles. The molecule has 10 heteroatoms. The number of benzene rings is 1. The van der Waals surface area contributed by atoms with Gasteiger partial charge in [0.05, 0.1) is 12.3 Å².